The number of rotatable bonds is 17. The van der Waals surface area contributed by atoms with Crippen molar-refractivity contribution in [1.29, 1.82) is 10.5 Å². The van der Waals surface area contributed by atoms with Crippen molar-refractivity contribution in [3.63, 3.8) is 0 Å². The lowest BCUT2D eigenvalue weighted by molar-refractivity contribution is 0.123. The molecule has 0 aromatic rings. The van der Waals surface area contributed by atoms with E-state index < -0.39 is 0 Å². The number of unbranched alkanes of at least 4 members (excludes halogenated alkanes) is 2. The van der Waals surface area contributed by atoms with Crippen molar-refractivity contribution in [1.82, 2.24) is 4.90 Å². The van der Waals surface area contributed by atoms with Crippen molar-refractivity contribution in [3.8, 4) is 12.1 Å². The van der Waals surface area contributed by atoms with Gasteiger partial charge in [-0.2, -0.15) is 10.5 Å². The van der Waals surface area contributed by atoms with E-state index in [1.807, 2.05) is 18.2 Å². The molecule has 0 heterocycles. The van der Waals surface area contributed by atoms with Crippen LogP contribution in [0.4, 0.5) is 0 Å². The number of hydrogen-bond acceptors (Lipinski definition) is 3. The molecular weight excluding hydrogens is 342 g/mol. The maximum atomic E-state index is 9.11. The van der Waals surface area contributed by atoms with Gasteiger partial charge >= 0.3 is 0 Å². The van der Waals surface area contributed by atoms with Crippen LogP contribution in [0.15, 0.2) is 11.6 Å². The van der Waals surface area contributed by atoms with Gasteiger partial charge in [-0.25, -0.2) is 0 Å². The molecule has 0 aromatic carbocycles. The highest BCUT2D eigenvalue weighted by molar-refractivity contribution is 5.34. The molecular formula is C25H45N3. The Morgan fingerprint density at radius 3 is 1.64 bits per heavy atom. The van der Waals surface area contributed by atoms with Gasteiger partial charge in [0.15, 0.2) is 0 Å². The fraction of sp³-hybridized carbons (Fsp3) is 0.840. The van der Waals surface area contributed by atoms with E-state index in [0.29, 0.717) is 6.04 Å². The molecule has 0 radical (unpaired) electrons. The number of allylic oxidation sites excluding steroid dienone is 1. The molecule has 160 valence electrons. The highest BCUT2D eigenvalue weighted by Crippen LogP contribution is 2.24. The maximum absolute atomic E-state index is 9.11. The summed E-state index contributed by atoms with van der Waals surface area (Å²) in [6.07, 6.45) is 15.2. The smallest absolute Gasteiger partial charge is 0.125 e. The first-order valence-electron chi connectivity index (χ1n) is 11.8. The predicted octanol–water partition coefficient (Wildman–Crippen LogP) is 7.25. The van der Waals surface area contributed by atoms with Gasteiger partial charge in [-0.15, -0.1) is 0 Å². The Morgan fingerprint density at radius 1 is 0.786 bits per heavy atom. The summed E-state index contributed by atoms with van der Waals surface area (Å²) in [7, 11) is 0. The summed E-state index contributed by atoms with van der Waals surface area (Å²) in [5.74, 6) is 1.50. The lowest BCUT2D eigenvalue weighted by Gasteiger charge is -2.36. The van der Waals surface area contributed by atoms with Crippen LogP contribution in [0, 0.1) is 34.5 Å². The average molecular weight is 388 g/mol. The number of nitrogens with zero attached hydrogens (tertiary/aromatic N) is 3. The zero-order chi connectivity index (χ0) is 21.2. The molecule has 0 saturated heterocycles. The Balaban J connectivity index is 5.42. The van der Waals surface area contributed by atoms with Gasteiger partial charge in [-0.1, -0.05) is 85.6 Å². The van der Waals surface area contributed by atoms with Crippen LogP contribution >= 0.6 is 0 Å². The third-order valence-corrected chi connectivity index (χ3v) is 6.05. The van der Waals surface area contributed by atoms with E-state index in [1.54, 1.807) is 0 Å². The number of nitriles is 2. The van der Waals surface area contributed by atoms with Crippen LogP contribution in [0.2, 0.25) is 0 Å². The minimum Gasteiger partial charge on any atom is -0.300 e. The largest absolute Gasteiger partial charge is 0.300 e. The first-order chi connectivity index (χ1) is 13.6. The first kappa shape index (κ1) is 26.7. The van der Waals surface area contributed by atoms with Crippen LogP contribution in [0.3, 0.4) is 0 Å². The molecule has 0 saturated carbocycles. The average Bonchev–Trinajstić information content (AvgIpc) is 2.72. The minimum absolute atomic E-state index is 0.261. The van der Waals surface area contributed by atoms with Crippen molar-refractivity contribution in [2.24, 2.45) is 11.8 Å². The fourth-order valence-corrected chi connectivity index (χ4v) is 4.02. The van der Waals surface area contributed by atoms with Crippen LogP contribution in [0.1, 0.15) is 105 Å². The normalized spacial score (nSPS) is 14.1. The van der Waals surface area contributed by atoms with Crippen molar-refractivity contribution in [2.75, 3.05) is 13.1 Å². The standard InChI is InChI=1S/C25H45N3/c1-6-11-14-22(9-4)20-28(21-23(10-5)15-12-7-2)25(13-8-3)17-16-24(18-26)19-27/h16,22-23,25H,6-15,17,20-21H2,1-5H3/t22-,23?,25?/m0/s1. The lowest BCUT2D eigenvalue weighted by Crippen LogP contribution is -2.41. The molecule has 3 heteroatoms. The number of hydrogen-bond donors (Lipinski definition) is 0. The molecule has 0 fully saturated rings. The van der Waals surface area contributed by atoms with Crippen molar-refractivity contribution < 1.29 is 0 Å². The lowest BCUT2D eigenvalue weighted by atomic mass is 9.93. The van der Waals surface area contributed by atoms with Gasteiger partial charge in [0.1, 0.15) is 17.7 Å². The summed E-state index contributed by atoms with van der Waals surface area (Å²) in [6, 6.07) is 4.50. The second-order valence-corrected chi connectivity index (χ2v) is 8.31. The highest BCUT2D eigenvalue weighted by atomic mass is 15.2. The van der Waals surface area contributed by atoms with Crippen molar-refractivity contribution >= 4 is 0 Å². The van der Waals surface area contributed by atoms with Gasteiger partial charge in [0.25, 0.3) is 0 Å². The quantitative estimate of drug-likeness (QED) is 0.247. The zero-order valence-electron chi connectivity index (χ0n) is 19.3. The van der Waals surface area contributed by atoms with Gasteiger partial charge in [-0.3, -0.25) is 4.90 Å². The SMILES string of the molecule is CCCCC(CC)CN(C[C@@H](CC)CCCC)C(CC=C(C#N)C#N)CCC. The van der Waals surface area contributed by atoms with Crippen LogP contribution < -0.4 is 0 Å². The molecule has 0 amide bonds. The zero-order valence-corrected chi connectivity index (χ0v) is 19.3. The molecule has 28 heavy (non-hydrogen) atoms. The Kier molecular flexibility index (Phi) is 16.9. The van der Waals surface area contributed by atoms with E-state index in [1.165, 1.54) is 51.4 Å². The predicted molar refractivity (Wildman–Crippen MR) is 121 cm³/mol. The molecule has 0 aliphatic heterocycles. The molecule has 3 atom stereocenters. The van der Waals surface area contributed by atoms with Gasteiger partial charge in [-0.05, 0) is 37.5 Å². The van der Waals surface area contributed by atoms with E-state index in [4.69, 9.17) is 10.5 Å². The summed E-state index contributed by atoms with van der Waals surface area (Å²) in [5.41, 5.74) is 0.261. The van der Waals surface area contributed by atoms with Crippen molar-refractivity contribution in [2.45, 2.75) is 111 Å². The van der Waals surface area contributed by atoms with E-state index in [-0.39, 0.29) is 5.57 Å². The molecule has 0 rings (SSSR count). The van der Waals surface area contributed by atoms with Crippen LogP contribution in [0.5, 0.6) is 0 Å². The maximum Gasteiger partial charge on any atom is 0.125 e. The topological polar surface area (TPSA) is 50.8 Å². The Hall–Kier alpha value is -1.32. The van der Waals surface area contributed by atoms with Gasteiger partial charge < -0.3 is 0 Å². The van der Waals surface area contributed by atoms with E-state index in [2.05, 4.69) is 39.5 Å². The van der Waals surface area contributed by atoms with Gasteiger partial charge in [0.2, 0.25) is 0 Å². The summed E-state index contributed by atoms with van der Waals surface area (Å²) < 4.78 is 0. The third kappa shape index (κ3) is 11.5. The molecule has 2 unspecified atom stereocenters. The van der Waals surface area contributed by atoms with Gasteiger partial charge in [0.05, 0.1) is 0 Å². The highest BCUT2D eigenvalue weighted by Gasteiger charge is 2.23. The molecule has 0 N–H and O–H groups in total. The molecule has 0 spiro atoms. The van der Waals surface area contributed by atoms with E-state index >= 15 is 0 Å². The molecule has 0 aliphatic rings. The monoisotopic (exact) mass is 387 g/mol. The third-order valence-electron chi connectivity index (χ3n) is 6.05. The fourth-order valence-electron chi connectivity index (χ4n) is 4.02. The summed E-state index contributed by atoms with van der Waals surface area (Å²) >= 11 is 0. The summed E-state index contributed by atoms with van der Waals surface area (Å²) in [5, 5.41) is 18.2. The molecule has 0 bridgehead atoms. The van der Waals surface area contributed by atoms with Crippen LogP contribution in [-0.4, -0.2) is 24.0 Å². The second-order valence-electron chi connectivity index (χ2n) is 8.31. The second kappa shape index (κ2) is 17.8. The Morgan fingerprint density at radius 2 is 1.29 bits per heavy atom. The molecule has 0 aromatic heterocycles. The Labute approximate surface area is 175 Å². The summed E-state index contributed by atoms with van der Waals surface area (Å²) in [6.45, 7) is 13.8. The van der Waals surface area contributed by atoms with Crippen molar-refractivity contribution in [3.05, 3.63) is 11.6 Å². The van der Waals surface area contributed by atoms with E-state index in [0.717, 1.165) is 44.2 Å². The summed E-state index contributed by atoms with van der Waals surface area (Å²) in [4.78, 5) is 2.72. The molecule has 0 aliphatic carbocycles. The minimum atomic E-state index is 0.261. The van der Waals surface area contributed by atoms with Crippen LogP contribution in [-0.2, 0) is 0 Å². The van der Waals surface area contributed by atoms with Gasteiger partial charge in [0, 0.05) is 19.1 Å². The van der Waals surface area contributed by atoms with Crippen LogP contribution in [0.25, 0.3) is 0 Å². The molecule has 3 nitrogen and oxygen atoms in total. The van der Waals surface area contributed by atoms with E-state index in [9.17, 15) is 0 Å². The first-order valence-corrected chi connectivity index (χ1v) is 11.8. The Bertz CT molecular complexity index is 449.